The summed E-state index contributed by atoms with van der Waals surface area (Å²) in [4.78, 5) is 25.3. The Kier molecular flexibility index (Phi) is 5.60. The van der Waals surface area contributed by atoms with Gasteiger partial charge >= 0.3 is 0 Å². The van der Waals surface area contributed by atoms with E-state index in [9.17, 15) is 14.9 Å². The van der Waals surface area contributed by atoms with Crippen molar-refractivity contribution in [3.05, 3.63) is 106 Å². The predicted molar refractivity (Wildman–Crippen MR) is 127 cm³/mol. The van der Waals surface area contributed by atoms with Gasteiger partial charge in [-0.2, -0.15) is 0 Å². The first-order valence-electron chi connectivity index (χ1n) is 10.3. The van der Waals surface area contributed by atoms with Crippen molar-refractivity contribution < 1.29 is 9.72 Å². The van der Waals surface area contributed by atoms with Gasteiger partial charge in [0.1, 0.15) is 0 Å². The van der Waals surface area contributed by atoms with Crippen molar-refractivity contribution >= 4 is 28.1 Å². The number of benzene rings is 4. The van der Waals surface area contributed by atoms with Gasteiger partial charge in [0.2, 0.25) is 0 Å². The van der Waals surface area contributed by atoms with E-state index in [4.69, 9.17) is 5.73 Å². The van der Waals surface area contributed by atoms with E-state index in [1.807, 2.05) is 55.5 Å². The lowest BCUT2D eigenvalue weighted by Crippen LogP contribution is -2.29. The Morgan fingerprint density at radius 2 is 1.56 bits per heavy atom. The standard InChI is InChI=1S/C26H23N3O3/c1-17(24-5-3-4-21-16-22(27)12-15-25(21)24)28(2)26(30)20-8-6-18(7-9-20)19-10-13-23(14-11-19)29(31)32/h3-17H,27H2,1-2H3. The van der Waals surface area contributed by atoms with Crippen LogP contribution in [0, 0.1) is 10.1 Å². The van der Waals surface area contributed by atoms with Crippen LogP contribution in [0.1, 0.15) is 28.9 Å². The van der Waals surface area contributed by atoms with Crippen LogP contribution in [0.4, 0.5) is 11.4 Å². The van der Waals surface area contributed by atoms with Gasteiger partial charge in [0.05, 0.1) is 11.0 Å². The molecule has 4 aromatic carbocycles. The molecule has 32 heavy (non-hydrogen) atoms. The van der Waals surface area contributed by atoms with Crippen molar-refractivity contribution in [3.63, 3.8) is 0 Å². The highest BCUT2D eigenvalue weighted by molar-refractivity contribution is 5.95. The Balaban J connectivity index is 1.56. The molecule has 0 spiro atoms. The number of nitro benzene ring substituents is 1. The van der Waals surface area contributed by atoms with Crippen LogP contribution in [-0.2, 0) is 0 Å². The summed E-state index contributed by atoms with van der Waals surface area (Å²) >= 11 is 0. The molecule has 6 heteroatoms. The van der Waals surface area contributed by atoms with E-state index < -0.39 is 4.92 Å². The van der Waals surface area contributed by atoms with Crippen molar-refractivity contribution in [2.24, 2.45) is 0 Å². The van der Waals surface area contributed by atoms with E-state index in [1.165, 1.54) is 12.1 Å². The highest BCUT2D eigenvalue weighted by Crippen LogP contribution is 2.30. The number of nitrogen functional groups attached to an aromatic ring is 1. The molecule has 0 heterocycles. The molecule has 0 aliphatic rings. The van der Waals surface area contributed by atoms with Crippen molar-refractivity contribution in [1.82, 2.24) is 4.90 Å². The fourth-order valence-electron chi connectivity index (χ4n) is 3.86. The number of nitrogens with two attached hydrogens (primary N) is 1. The number of carbonyl (C=O) groups is 1. The largest absolute Gasteiger partial charge is 0.399 e. The van der Waals surface area contributed by atoms with Gasteiger partial charge in [-0.25, -0.2) is 0 Å². The molecule has 1 atom stereocenters. The number of carbonyl (C=O) groups excluding carboxylic acids is 1. The third-order valence-corrected chi connectivity index (χ3v) is 5.83. The van der Waals surface area contributed by atoms with Gasteiger partial charge in [-0.05, 0) is 70.8 Å². The topological polar surface area (TPSA) is 89.5 Å². The Hall–Kier alpha value is -4.19. The summed E-state index contributed by atoms with van der Waals surface area (Å²) in [5, 5.41) is 13.0. The lowest BCUT2D eigenvalue weighted by molar-refractivity contribution is -0.384. The quantitative estimate of drug-likeness (QED) is 0.247. The molecule has 0 fully saturated rings. The lowest BCUT2D eigenvalue weighted by atomic mass is 9.98. The highest BCUT2D eigenvalue weighted by Gasteiger charge is 2.20. The van der Waals surface area contributed by atoms with Gasteiger partial charge in [-0.1, -0.05) is 36.4 Å². The Labute approximate surface area is 186 Å². The zero-order chi connectivity index (χ0) is 22.8. The first-order chi connectivity index (χ1) is 15.3. The lowest BCUT2D eigenvalue weighted by Gasteiger charge is -2.26. The molecule has 0 saturated carbocycles. The molecular formula is C26H23N3O3. The Morgan fingerprint density at radius 3 is 2.19 bits per heavy atom. The maximum atomic E-state index is 13.1. The number of nitro groups is 1. The first-order valence-corrected chi connectivity index (χ1v) is 10.3. The number of rotatable bonds is 5. The Morgan fingerprint density at radius 1 is 0.938 bits per heavy atom. The van der Waals surface area contributed by atoms with Gasteiger partial charge in [0.15, 0.2) is 0 Å². The van der Waals surface area contributed by atoms with E-state index in [-0.39, 0.29) is 17.6 Å². The number of hydrogen-bond acceptors (Lipinski definition) is 4. The molecule has 1 amide bonds. The third-order valence-electron chi connectivity index (χ3n) is 5.83. The minimum atomic E-state index is -0.423. The summed E-state index contributed by atoms with van der Waals surface area (Å²) in [7, 11) is 1.80. The molecule has 0 aliphatic heterocycles. The van der Waals surface area contributed by atoms with Gasteiger partial charge in [-0.15, -0.1) is 0 Å². The normalized spacial score (nSPS) is 11.8. The van der Waals surface area contributed by atoms with E-state index in [1.54, 1.807) is 36.2 Å². The van der Waals surface area contributed by atoms with Crippen LogP contribution in [0.2, 0.25) is 0 Å². The maximum Gasteiger partial charge on any atom is 0.269 e. The summed E-state index contributed by atoms with van der Waals surface area (Å²) < 4.78 is 0. The fourth-order valence-corrected chi connectivity index (χ4v) is 3.86. The molecule has 0 aliphatic carbocycles. The molecule has 0 radical (unpaired) electrons. The molecule has 4 rings (SSSR count). The van der Waals surface area contributed by atoms with E-state index in [2.05, 4.69) is 0 Å². The van der Waals surface area contributed by atoms with Crippen molar-refractivity contribution in [2.45, 2.75) is 13.0 Å². The number of non-ortho nitro benzene ring substituents is 1. The average molecular weight is 425 g/mol. The summed E-state index contributed by atoms with van der Waals surface area (Å²) in [5.41, 5.74) is 10.0. The molecular weight excluding hydrogens is 402 g/mol. The SMILES string of the molecule is CC(c1cccc2cc(N)ccc12)N(C)C(=O)c1ccc(-c2ccc([N+](=O)[O-])cc2)cc1. The molecule has 0 aromatic heterocycles. The molecule has 160 valence electrons. The van der Waals surface area contributed by atoms with Crippen LogP contribution in [0.15, 0.2) is 84.9 Å². The molecule has 0 saturated heterocycles. The monoisotopic (exact) mass is 425 g/mol. The van der Waals surface area contributed by atoms with Crippen LogP contribution in [0.5, 0.6) is 0 Å². The third kappa shape index (κ3) is 4.03. The van der Waals surface area contributed by atoms with Gasteiger partial charge in [0, 0.05) is 30.4 Å². The second-order valence-electron chi connectivity index (χ2n) is 7.80. The number of amides is 1. The second kappa shape index (κ2) is 8.51. The zero-order valence-electron chi connectivity index (χ0n) is 17.9. The van der Waals surface area contributed by atoms with E-state index in [0.717, 1.165) is 27.5 Å². The minimum Gasteiger partial charge on any atom is -0.399 e. The molecule has 1 unspecified atom stereocenters. The molecule has 0 bridgehead atoms. The van der Waals surface area contributed by atoms with Crippen LogP contribution in [0.3, 0.4) is 0 Å². The van der Waals surface area contributed by atoms with Crippen LogP contribution in [0.25, 0.3) is 21.9 Å². The van der Waals surface area contributed by atoms with E-state index >= 15 is 0 Å². The summed E-state index contributed by atoms with van der Waals surface area (Å²) in [6.45, 7) is 2.01. The number of anilines is 1. The Bertz CT molecular complexity index is 1300. The smallest absolute Gasteiger partial charge is 0.269 e. The molecule has 4 aromatic rings. The van der Waals surface area contributed by atoms with E-state index in [0.29, 0.717) is 11.3 Å². The molecule has 2 N–H and O–H groups in total. The summed E-state index contributed by atoms with van der Waals surface area (Å²) in [6, 6.07) is 25.3. The van der Waals surface area contributed by atoms with Gasteiger partial charge in [-0.3, -0.25) is 14.9 Å². The predicted octanol–water partition coefficient (Wildman–Crippen LogP) is 5.83. The number of fused-ring (bicyclic) bond motifs is 1. The first kappa shape index (κ1) is 21.1. The number of nitrogens with zero attached hydrogens (tertiary/aromatic N) is 2. The van der Waals surface area contributed by atoms with Crippen LogP contribution < -0.4 is 5.73 Å². The molecule has 6 nitrogen and oxygen atoms in total. The zero-order valence-corrected chi connectivity index (χ0v) is 17.9. The van der Waals surface area contributed by atoms with Gasteiger partial charge < -0.3 is 10.6 Å². The van der Waals surface area contributed by atoms with Crippen LogP contribution in [-0.4, -0.2) is 22.8 Å². The highest BCUT2D eigenvalue weighted by atomic mass is 16.6. The van der Waals surface area contributed by atoms with Crippen molar-refractivity contribution in [1.29, 1.82) is 0 Å². The summed E-state index contributed by atoms with van der Waals surface area (Å²) in [6.07, 6.45) is 0. The summed E-state index contributed by atoms with van der Waals surface area (Å²) in [5.74, 6) is -0.0832. The minimum absolute atomic E-state index is 0.0484. The fraction of sp³-hybridized carbons (Fsp3) is 0.115. The van der Waals surface area contributed by atoms with Gasteiger partial charge in [0.25, 0.3) is 11.6 Å². The van der Waals surface area contributed by atoms with Crippen LogP contribution >= 0.6 is 0 Å². The average Bonchev–Trinajstić information content (AvgIpc) is 2.82. The number of hydrogen-bond donors (Lipinski definition) is 1. The van der Waals surface area contributed by atoms with Crippen molar-refractivity contribution in [3.8, 4) is 11.1 Å². The second-order valence-corrected chi connectivity index (χ2v) is 7.80. The maximum absolute atomic E-state index is 13.1. The van der Waals surface area contributed by atoms with Crippen molar-refractivity contribution in [2.75, 3.05) is 12.8 Å².